The zero-order chi connectivity index (χ0) is 11.7. The van der Waals surface area contributed by atoms with E-state index in [0.29, 0.717) is 0 Å². The number of carboxylic acid groups (broad SMARTS) is 1. The van der Waals surface area contributed by atoms with Gasteiger partial charge in [-0.2, -0.15) is 0 Å². The maximum atomic E-state index is 11.1. The Labute approximate surface area is 91.1 Å². The van der Waals surface area contributed by atoms with Gasteiger partial charge >= 0.3 is 5.97 Å². The van der Waals surface area contributed by atoms with Crippen molar-refractivity contribution in [2.45, 2.75) is 58.4 Å². The van der Waals surface area contributed by atoms with E-state index < -0.39 is 18.3 Å². The molecule has 0 radical (unpaired) electrons. The van der Waals surface area contributed by atoms with Gasteiger partial charge in [-0.15, -0.1) is 0 Å². The molecule has 0 heterocycles. The van der Waals surface area contributed by atoms with Crippen LogP contribution in [0.1, 0.15) is 52.4 Å². The Morgan fingerprint density at radius 3 is 2.47 bits per heavy atom. The summed E-state index contributed by atoms with van der Waals surface area (Å²) in [6.45, 7) is 4.06. The van der Waals surface area contributed by atoms with Gasteiger partial charge < -0.3 is 10.4 Å². The van der Waals surface area contributed by atoms with E-state index >= 15 is 0 Å². The average molecular weight is 215 g/mol. The van der Waals surface area contributed by atoms with Gasteiger partial charge in [-0.1, -0.05) is 32.6 Å². The summed E-state index contributed by atoms with van der Waals surface area (Å²) >= 11 is 0. The van der Waals surface area contributed by atoms with E-state index in [9.17, 15) is 9.59 Å². The highest BCUT2D eigenvalue weighted by atomic mass is 16.4. The molecule has 0 aliphatic heterocycles. The zero-order valence-electron chi connectivity index (χ0n) is 9.58. The molecular formula is C11H21NO3. The van der Waals surface area contributed by atoms with Gasteiger partial charge in [0.05, 0.1) is 0 Å². The summed E-state index contributed by atoms with van der Waals surface area (Å²) in [4.78, 5) is 21.3. The molecule has 0 saturated heterocycles. The number of hydrogen-bond donors (Lipinski definition) is 2. The Kier molecular flexibility index (Phi) is 7.68. The monoisotopic (exact) mass is 215 g/mol. The number of carbonyl (C=O) groups is 2. The fourth-order valence-corrected chi connectivity index (χ4v) is 1.41. The number of aliphatic carboxylic acids is 1. The van der Waals surface area contributed by atoms with Crippen molar-refractivity contribution in [2.24, 2.45) is 0 Å². The van der Waals surface area contributed by atoms with Crippen LogP contribution in [0.25, 0.3) is 0 Å². The van der Waals surface area contributed by atoms with Crippen molar-refractivity contribution in [1.82, 2.24) is 5.32 Å². The Hall–Kier alpha value is -1.06. The second kappa shape index (κ2) is 8.26. The summed E-state index contributed by atoms with van der Waals surface area (Å²) in [7, 11) is 0. The molecule has 1 amide bonds. The van der Waals surface area contributed by atoms with Crippen LogP contribution in [0.15, 0.2) is 0 Å². The highest BCUT2D eigenvalue weighted by molar-refractivity contribution is 5.93. The normalized spacial score (nSPS) is 12.1. The number of amides is 1. The minimum Gasteiger partial charge on any atom is -0.481 e. The molecule has 15 heavy (non-hydrogen) atoms. The zero-order valence-corrected chi connectivity index (χ0v) is 9.58. The maximum absolute atomic E-state index is 11.1. The van der Waals surface area contributed by atoms with Crippen LogP contribution in [-0.2, 0) is 9.59 Å². The molecule has 1 unspecified atom stereocenters. The first-order chi connectivity index (χ1) is 7.06. The van der Waals surface area contributed by atoms with Gasteiger partial charge in [-0.05, 0) is 13.3 Å². The van der Waals surface area contributed by atoms with Gasteiger partial charge in [-0.25, -0.2) is 0 Å². The lowest BCUT2D eigenvalue weighted by molar-refractivity contribution is -0.140. The number of carbonyl (C=O) groups excluding carboxylic acids is 1. The molecule has 1 atom stereocenters. The van der Waals surface area contributed by atoms with Gasteiger partial charge in [0.2, 0.25) is 5.91 Å². The van der Waals surface area contributed by atoms with Crippen molar-refractivity contribution >= 4 is 11.9 Å². The van der Waals surface area contributed by atoms with Crippen LogP contribution in [-0.4, -0.2) is 23.0 Å². The average Bonchev–Trinajstić information content (AvgIpc) is 2.10. The van der Waals surface area contributed by atoms with E-state index in [-0.39, 0.29) is 6.04 Å². The molecule has 0 aliphatic rings. The molecule has 0 saturated carbocycles. The summed E-state index contributed by atoms with van der Waals surface area (Å²) < 4.78 is 0. The van der Waals surface area contributed by atoms with Crippen molar-refractivity contribution in [1.29, 1.82) is 0 Å². The molecule has 4 heteroatoms. The molecule has 2 N–H and O–H groups in total. The van der Waals surface area contributed by atoms with Gasteiger partial charge in [-0.3, -0.25) is 9.59 Å². The first-order valence-electron chi connectivity index (χ1n) is 5.57. The minimum absolute atomic E-state index is 0.0775. The molecule has 0 aliphatic carbocycles. The molecule has 4 nitrogen and oxygen atoms in total. The van der Waals surface area contributed by atoms with Crippen molar-refractivity contribution in [3.8, 4) is 0 Å². The molecule has 0 aromatic heterocycles. The van der Waals surface area contributed by atoms with Crippen LogP contribution in [0.3, 0.4) is 0 Å². The lowest BCUT2D eigenvalue weighted by Crippen LogP contribution is -2.33. The van der Waals surface area contributed by atoms with E-state index in [0.717, 1.165) is 12.8 Å². The predicted octanol–water partition coefficient (Wildman–Crippen LogP) is 1.94. The van der Waals surface area contributed by atoms with Crippen LogP contribution in [0.2, 0.25) is 0 Å². The Morgan fingerprint density at radius 2 is 1.93 bits per heavy atom. The standard InChI is InChI=1S/C11H21NO3/c1-3-4-5-6-7-9(2)12-10(13)8-11(14)15/h9H,3-8H2,1-2H3,(H,12,13)(H,14,15). The molecule has 0 aromatic carbocycles. The van der Waals surface area contributed by atoms with Gasteiger partial charge in [0.25, 0.3) is 0 Å². The van der Waals surface area contributed by atoms with Crippen molar-refractivity contribution in [2.75, 3.05) is 0 Å². The lowest BCUT2D eigenvalue weighted by Gasteiger charge is -2.12. The van der Waals surface area contributed by atoms with Crippen LogP contribution < -0.4 is 5.32 Å². The first kappa shape index (κ1) is 13.9. The summed E-state index contributed by atoms with van der Waals surface area (Å²) in [6, 6.07) is 0.0775. The van der Waals surface area contributed by atoms with Crippen LogP contribution in [0, 0.1) is 0 Å². The third kappa shape index (κ3) is 9.25. The Bertz CT molecular complexity index is 204. The molecule has 0 spiro atoms. The number of rotatable bonds is 8. The molecule has 0 aromatic rings. The van der Waals surface area contributed by atoms with Gasteiger partial charge in [0.15, 0.2) is 0 Å². The van der Waals surface area contributed by atoms with Crippen molar-refractivity contribution < 1.29 is 14.7 Å². The predicted molar refractivity (Wildman–Crippen MR) is 58.6 cm³/mol. The summed E-state index contributed by atoms with van der Waals surface area (Å²) in [5, 5.41) is 11.1. The van der Waals surface area contributed by atoms with Crippen LogP contribution in [0.5, 0.6) is 0 Å². The topological polar surface area (TPSA) is 66.4 Å². The molecule has 0 rings (SSSR count). The van der Waals surface area contributed by atoms with Crippen molar-refractivity contribution in [3.05, 3.63) is 0 Å². The summed E-state index contributed by atoms with van der Waals surface area (Å²) in [6.07, 6.45) is 5.16. The molecule has 0 fully saturated rings. The minimum atomic E-state index is -1.08. The second-order valence-corrected chi connectivity index (χ2v) is 3.89. The van der Waals surface area contributed by atoms with Gasteiger partial charge in [0, 0.05) is 6.04 Å². The SMILES string of the molecule is CCCCCCC(C)NC(=O)CC(=O)O. The fourth-order valence-electron chi connectivity index (χ4n) is 1.41. The van der Waals surface area contributed by atoms with Crippen LogP contribution >= 0.6 is 0 Å². The largest absolute Gasteiger partial charge is 0.481 e. The molecule has 0 bridgehead atoms. The van der Waals surface area contributed by atoms with E-state index in [2.05, 4.69) is 12.2 Å². The van der Waals surface area contributed by atoms with Crippen molar-refractivity contribution in [3.63, 3.8) is 0 Å². The quantitative estimate of drug-likeness (QED) is 0.480. The van der Waals surface area contributed by atoms with E-state index in [1.165, 1.54) is 19.3 Å². The molecule has 88 valence electrons. The van der Waals surface area contributed by atoms with Crippen LogP contribution in [0.4, 0.5) is 0 Å². The third-order valence-corrected chi connectivity index (χ3v) is 2.21. The third-order valence-electron chi connectivity index (χ3n) is 2.21. The van der Waals surface area contributed by atoms with E-state index in [4.69, 9.17) is 5.11 Å². The maximum Gasteiger partial charge on any atom is 0.312 e. The fraction of sp³-hybridized carbons (Fsp3) is 0.818. The van der Waals surface area contributed by atoms with E-state index in [1.54, 1.807) is 0 Å². The number of carboxylic acids is 1. The second-order valence-electron chi connectivity index (χ2n) is 3.89. The summed E-state index contributed by atoms with van der Waals surface area (Å²) in [5.74, 6) is -1.48. The van der Waals surface area contributed by atoms with E-state index in [1.807, 2.05) is 6.92 Å². The number of unbranched alkanes of at least 4 members (excludes halogenated alkanes) is 3. The molecular weight excluding hydrogens is 194 g/mol. The highest BCUT2D eigenvalue weighted by Gasteiger charge is 2.10. The first-order valence-corrected chi connectivity index (χ1v) is 5.57. The lowest BCUT2D eigenvalue weighted by atomic mass is 10.1. The smallest absolute Gasteiger partial charge is 0.312 e. The summed E-state index contributed by atoms with van der Waals surface area (Å²) in [5.41, 5.74) is 0. The number of nitrogens with one attached hydrogen (secondary N) is 1. The Morgan fingerprint density at radius 1 is 1.27 bits per heavy atom. The number of hydrogen-bond acceptors (Lipinski definition) is 2. The highest BCUT2D eigenvalue weighted by Crippen LogP contribution is 2.05. The Balaban J connectivity index is 3.51. The van der Waals surface area contributed by atoms with Gasteiger partial charge in [0.1, 0.15) is 6.42 Å².